The van der Waals surface area contributed by atoms with E-state index in [1.807, 2.05) is 52.4 Å². The number of aromatic nitrogens is 2. The number of primary amides is 1. The van der Waals surface area contributed by atoms with Crippen LogP contribution < -0.4 is 5.73 Å². The number of rotatable bonds is 5. The Morgan fingerprint density at radius 3 is 2.32 bits per heavy atom. The van der Waals surface area contributed by atoms with Crippen molar-refractivity contribution in [1.29, 1.82) is 0 Å². The molecule has 7 heteroatoms. The Bertz CT molecular complexity index is 1100. The Kier molecular flexibility index (Phi) is 5.86. The molecule has 1 fully saturated rings. The lowest BCUT2D eigenvalue weighted by molar-refractivity contribution is -0.119. The predicted molar refractivity (Wildman–Crippen MR) is 120 cm³/mol. The van der Waals surface area contributed by atoms with E-state index < -0.39 is 0 Å². The van der Waals surface area contributed by atoms with Crippen molar-refractivity contribution in [1.82, 2.24) is 19.6 Å². The Hall–Kier alpha value is -3.45. The first-order chi connectivity index (χ1) is 14.9. The van der Waals surface area contributed by atoms with Crippen LogP contribution in [0.4, 0.5) is 0 Å². The van der Waals surface area contributed by atoms with Gasteiger partial charge in [0.05, 0.1) is 17.8 Å². The molecule has 0 spiro atoms. The highest BCUT2D eigenvalue weighted by atomic mass is 16.2. The van der Waals surface area contributed by atoms with Crippen molar-refractivity contribution >= 4 is 11.8 Å². The maximum absolute atomic E-state index is 13.5. The summed E-state index contributed by atoms with van der Waals surface area (Å²) >= 11 is 0. The molecule has 2 amide bonds. The van der Waals surface area contributed by atoms with Crippen LogP contribution in [-0.2, 0) is 4.79 Å². The molecule has 0 saturated carbocycles. The minimum atomic E-state index is -0.346. The van der Waals surface area contributed by atoms with Crippen molar-refractivity contribution in [2.75, 3.05) is 32.7 Å². The third kappa shape index (κ3) is 4.51. The highest BCUT2D eigenvalue weighted by molar-refractivity contribution is 6.00. The van der Waals surface area contributed by atoms with Gasteiger partial charge >= 0.3 is 0 Å². The number of hydrogen-bond acceptors (Lipinski definition) is 4. The number of benzene rings is 2. The quantitative estimate of drug-likeness (QED) is 0.691. The van der Waals surface area contributed by atoms with E-state index in [0.717, 1.165) is 16.8 Å². The van der Waals surface area contributed by atoms with E-state index in [1.165, 1.54) is 5.56 Å². The molecule has 1 aromatic heterocycles. The first-order valence-electron chi connectivity index (χ1n) is 10.4. The van der Waals surface area contributed by atoms with Crippen LogP contribution in [0.5, 0.6) is 0 Å². The molecule has 0 aliphatic carbocycles. The number of hydrogen-bond donors (Lipinski definition) is 1. The molecule has 1 aliphatic rings. The number of piperazine rings is 1. The van der Waals surface area contributed by atoms with Gasteiger partial charge in [-0.3, -0.25) is 14.5 Å². The molecule has 2 aromatic carbocycles. The number of nitrogens with zero attached hydrogens (tertiary/aromatic N) is 4. The largest absolute Gasteiger partial charge is 0.369 e. The Morgan fingerprint density at radius 1 is 0.968 bits per heavy atom. The van der Waals surface area contributed by atoms with Gasteiger partial charge in [-0.05, 0) is 43.2 Å². The first-order valence-corrected chi connectivity index (χ1v) is 10.4. The molecule has 1 saturated heterocycles. The zero-order valence-electron chi connectivity index (χ0n) is 17.9. The zero-order valence-corrected chi connectivity index (χ0v) is 17.9. The van der Waals surface area contributed by atoms with E-state index >= 15 is 0 Å². The van der Waals surface area contributed by atoms with Crippen LogP contribution in [0, 0.1) is 13.8 Å². The zero-order chi connectivity index (χ0) is 22.0. The van der Waals surface area contributed by atoms with Gasteiger partial charge in [0.2, 0.25) is 5.91 Å². The number of nitrogens with two attached hydrogens (primary N) is 1. The number of carbonyl (C=O) groups excluding carboxylic acids is 2. The molecule has 2 heterocycles. The molecule has 4 rings (SSSR count). The summed E-state index contributed by atoms with van der Waals surface area (Å²) < 4.78 is 1.76. The van der Waals surface area contributed by atoms with Crippen molar-refractivity contribution in [2.45, 2.75) is 13.8 Å². The fraction of sp³-hybridized carbons (Fsp3) is 0.292. The summed E-state index contributed by atoms with van der Waals surface area (Å²) in [6.45, 7) is 6.71. The summed E-state index contributed by atoms with van der Waals surface area (Å²) in [7, 11) is 0. The van der Waals surface area contributed by atoms with Crippen molar-refractivity contribution < 1.29 is 9.59 Å². The topological polar surface area (TPSA) is 84.5 Å². The second-order valence-electron chi connectivity index (χ2n) is 8.01. The van der Waals surface area contributed by atoms with Gasteiger partial charge in [-0.25, -0.2) is 4.68 Å². The van der Waals surface area contributed by atoms with Gasteiger partial charge < -0.3 is 10.6 Å². The number of carbonyl (C=O) groups is 2. The summed E-state index contributed by atoms with van der Waals surface area (Å²) in [6, 6.07) is 15.9. The number of aryl methyl sites for hydroxylation is 2. The monoisotopic (exact) mass is 417 g/mol. The van der Waals surface area contributed by atoms with Gasteiger partial charge in [-0.15, -0.1) is 0 Å². The van der Waals surface area contributed by atoms with Crippen molar-refractivity contribution in [3.8, 4) is 16.9 Å². The van der Waals surface area contributed by atoms with E-state index in [1.54, 1.807) is 4.68 Å². The van der Waals surface area contributed by atoms with Gasteiger partial charge in [0, 0.05) is 37.9 Å². The smallest absolute Gasteiger partial charge is 0.257 e. The summed E-state index contributed by atoms with van der Waals surface area (Å²) in [4.78, 5) is 28.5. The normalized spacial score (nSPS) is 14.6. The van der Waals surface area contributed by atoms with Crippen LogP contribution in [0.3, 0.4) is 0 Å². The van der Waals surface area contributed by atoms with Crippen LogP contribution in [0.25, 0.3) is 16.9 Å². The molecule has 3 aromatic rings. The fourth-order valence-electron chi connectivity index (χ4n) is 3.85. The van der Waals surface area contributed by atoms with Crippen molar-refractivity contribution in [2.24, 2.45) is 5.73 Å². The maximum Gasteiger partial charge on any atom is 0.257 e. The molecule has 7 nitrogen and oxygen atoms in total. The van der Waals surface area contributed by atoms with E-state index in [-0.39, 0.29) is 18.4 Å². The van der Waals surface area contributed by atoms with E-state index in [9.17, 15) is 9.59 Å². The van der Waals surface area contributed by atoms with Crippen LogP contribution >= 0.6 is 0 Å². The molecule has 2 N–H and O–H groups in total. The lowest BCUT2D eigenvalue weighted by atomic mass is 10.0. The lowest BCUT2D eigenvalue weighted by Crippen LogP contribution is -2.50. The highest BCUT2D eigenvalue weighted by Gasteiger charge is 2.27. The van der Waals surface area contributed by atoms with Gasteiger partial charge in [0.1, 0.15) is 5.69 Å². The average Bonchev–Trinajstić information content (AvgIpc) is 3.21. The third-order valence-corrected chi connectivity index (χ3v) is 5.78. The Balaban J connectivity index is 1.67. The third-order valence-electron chi connectivity index (χ3n) is 5.78. The first kappa shape index (κ1) is 20.8. The standard InChI is InChI=1S/C24H27N5O2/c1-17-8-9-19(14-18(17)2)23-21(15-29(26-23)20-6-4-3-5-7-20)24(31)28-12-10-27(11-13-28)16-22(25)30/h3-9,14-15H,10-13,16H2,1-2H3,(H2,25,30). The second-order valence-corrected chi connectivity index (χ2v) is 8.01. The van der Waals surface area contributed by atoms with Crippen LogP contribution in [0.15, 0.2) is 54.7 Å². The summed E-state index contributed by atoms with van der Waals surface area (Å²) in [6.07, 6.45) is 1.82. The van der Waals surface area contributed by atoms with Crippen LogP contribution in [0.1, 0.15) is 21.5 Å². The fourth-order valence-corrected chi connectivity index (χ4v) is 3.85. The van der Waals surface area contributed by atoms with Crippen molar-refractivity contribution in [3.05, 3.63) is 71.4 Å². The lowest BCUT2D eigenvalue weighted by Gasteiger charge is -2.34. The molecule has 0 radical (unpaired) electrons. The van der Waals surface area contributed by atoms with E-state index in [2.05, 4.69) is 26.0 Å². The highest BCUT2D eigenvalue weighted by Crippen LogP contribution is 2.27. The predicted octanol–water partition coefficient (Wildman–Crippen LogP) is 2.40. The molecule has 1 aliphatic heterocycles. The SMILES string of the molecule is Cc1ccc(-c2nn(-c3ccccc3)cc2C(=O)N2CCN(CC(N)=O)CC2)cc1C. The maximum atomic E-state index is 13.5. The molecular weight excluding hydrogens is 390 g/mol. The van der Waals surface area contributed by atoms with Gasteiger partial charge in [-0.1, -0.05) is 30.3 Å². The molecule has 160 valence electrons. The van der Waals surface area contributed by atoms with Gasteiger partial charge in [0.15, 0.2) is 0 Å². The van der Waals surface area contributed by atoms with Crippen molar-refractivity contribution in [3.63, 3.8) is 0 Å². The summed E-state index contributed by atoms with van der Waals surface area (Å²) in [5.41, 5.74) is 10.7. The minimum Gasteiger partial charge on any atom is -0.369 e. The molecule has 0 unspecified atom stereocenters. The number of amides is 2. The van der Waals surface area contributed by atoms with Gasteiger partial charge in [0.25, 0.3) is 5.91 Å². The van der Waals surface area contributed by atoms with Crippen LogP contribution in [0.2, 0.25) is 0 Å². The van der Waals surface area contributed by atoms with E-state index in [0.29, 0.717) is 37.4 Å². The molecular formula is C24H27N5O2. The second kappa shape index (κ2) is 8.73. The van der Waals surface area contributed by atoms with E-state index in [4.69, 9.17) is 10.8 Å². The molecule has 31 heavy (non-hydrogen) atoms. The van der Waals surface area contributed by atoms with Crippen LogP contribution in [-0.4, -0.2) is 64.1 Å². The average molecular weight is 418 g/mol. The molecule has 0 bridgehead atoms. The summed E-state index contributed by atoms with van der Waals surface area (Å²) in [5, 5.41) is 4.79. The van der Waals surface area contributed by atoms with Gasteiger partial charge in [-0.2, -0.15) is 5.10 Å². The molecule has 0 atom stereocenters. The Labute approximate surface area is 182 Å². The summed E-state index contributed by atoms with van der Waals surface area (Å²) in [5.74, 6) is -0.393. The number of para-hydroxylation sites is 1. The Morgan fingerprint density at radius 2 is 1.68 bits per heavy atom. The minimum absolute atomic E-state index is 0.0471.